The third-order valence-electron chi connectivity index (χ3n) is 4.75. The first-order valence-electron chi connectivity index (χ1n) is 8.75. The Bertz CT molecular complexity index is 699. The minimum Gasteiger partial charge on any atom is -0.378 e. The molecule has 0 saturated carbocycles. The van der Waals surface area contributed by atoms with E-state index >= 15 is 0 Å². The number of aryl methyl sites for hydroxylation is 1. The number of nitrogens with zero attached hydrogens (tertiary/aromatic N) is 7. The molecule has 2 fully saturated rings. The molecule has 2 aromatic heterocycles. The van der Waals surface area contributed by atoms with E-state index in [2.05, 4.69) is 35.2 Å². The van der Waals surface area contributed by atoms with Crippen LogP contribution >= 0.6 is 0 Å². The Morgan fingerprint density at radius 3 is 2.92 bits per heavy atom. The third kappa shape index (κ3) is 3.88. The highest BCUT2D eigenvalue weighted by molar-refractivity contribution is 5.43. The molecule has 0 spiro atoms. The van der Waals surface area contributed by atoms with E-state index in [0.29, 0.717) is 12.0 Å². The number of morpholine rings is 1. The second kappa shape index (κ2) is 7.32. The Hall–Kier alpha value is -2.26. The van der Waals surface area contributed by atoms with Crippen LogP contribution in [0.3, 0.4) is 0 Å². The molecular formula is C16H24N8O. The summed E-state index contributed by atoms with van der Waals surface area (Å²) in [6.45, 7) is 6.09. The van der Waals surface area contributed by atoms with Gasteiger partial charge in [0.25, 0.3) is 0 Å². The number of ether oxygens (including phenoxy) is 1. The number of hydrogen-bond acceptors (Lipinski definition) is 8. The van der Waals surface area contributed by atoms with E-state index in [0.717, 1.165) is 64.0 Å². The van der Waals surface area contributed by atoms with Crippen molar-refractivity contribution in [1.82, 2.24) is 29.6 Å². The van der Waals surface area contributed by atoms with Crippen molar-refractivity contribution in [1.29, 1.82) is 0 Å². The van der Waals surface area contributed by atoms with Gasteiger partial charge in [0.1, 0.15) is 18.0 Å². The Kier molecular flexibility index (Phi) is 4.75. The van der Waals surface area contributed by atoms with Crippen LogP contribution in [0.1, 0.15) is 12.2 Å². The summed E-state index contributed by atoms with van der Waals surface area (Å²) in [5.41, 5.74) is 0. The molecule has 0 aliphatic carbocycles. The van der Waals surface area contributed by atoms with E-state index in [1.54, 1.807) is 6.33 Å². The molecule has 9 nitrogen and oxygen atoms in total. The van der Waals surface area contributed by atoms with Crippen molar-refractivity contribution in [2.24, 2.45) is 7.05 Å². The van der Waals surface area contributed by atoms with Crippen molar-refractivity contribution in [3.8, 4) is 0 Å². The molecule has 0 radical (unpaired) electrons. The fraction of sp³-hybridized carbons (Fsp3) is 0.625. The molecule has 1 unspecified atom stereocenters. The van der Waals surface area contributed by atoms with E-state index in [1.807, 2.05) is 24.0 Å². The molecule has 1 atom stereocenters. The third-order valence-corrected chi connectivity index (χ3v) is 4.75. The molecule has 4 rings (SSSR count). The minimum absolute atomic E-state index is 0.355. The Morgan fingerprint density at radius 2 is 2.12 bits per heavy atom. The summed E-state index contributed by atoms with van der Waals surface area (Å²) in [5, 5.41) is 7.61. The quantitative estimate of drug-likeness (QED) is 0.819. The normalized spacial score (nSPS) is 21.6. The summed E-state index contributed by atoms with van der Waals surface area (Å²) in [6.07, 6.45) is 4.50. The number of likely N-dealkylation sites (tertiary alicyclic amines) is 1. The molecule has 2 aliphatic rings. The van der Waals surface area contributed by atoms with E-state index < -0.39 is 0 Å². The lowest BCUT2D eigenvalue weighted by molar-refractivity contribution is 0.122. The minimum atomic E-state index is 0.355. The monoisotopic (exact) mass is 344 g/mol. The summed E-state index contributed by atoms with van der Waals surface area (Å²) in [5.74, 6) is 2.66. The number of hydrogen-bond donors (Lipinski definition) is 1. The highest BCUT2D eigenvalue weighted by Gasteiger charge is 2.24. The molecule has 2 aromatic rings. The average molecular weight is 344 g/mol. The van der Waals surface area contributed by atoms with Gasteiger partial charge >= 0.3 is 0 Å². The summed E-state index contributed by atoms with van der Waals surface area (Å²) in [4.78, 5) is 18.0. The van der Waals surface area contributed by atoms with Crippen LogP contribution in [0, 0.1) is 0 Å². The van der Waals surface area contributed by atoms with Crippen molar-refractivity contribution >= 4 is 11.8 Å². The zero-order valence-electron chi connectivity index (χ0n) is 14.5. The molecule has 1 N–H and O–H groups in total. The largest absolute Gasteiger partial charge is 0.378 e. The van der Waals surface area contributed by atoms with Gasteiger partial charge in [0.2, 0.25) is 5.95 Å². The molecule has 0 bridgehead atoms. The molecular weight excluding hydrogens is 320 g/mol. The van der Waals surface area contributed by atoms with Gasteiger partial charge in [-0.3, -0.25) is 9.58 Å². The lowest BCUT2D eigenvalue weighted by Gasteiger charge is -2.28. The van der Waals surface area contributed by atoms with E-state index in [1.165, 1.54) is 0 Å². The van der Waals surface area contributed by atoms with Crippen LogP contribution in [0.5, 0.6) is 0 Å². The van der Waals surface area contributed by atoms with Crippen LogP contribution in [0.25, 0.3) is 0 Å². The van der Waals surface area contributed by atoms with Crippen molar-refractivity contribution in [2.75, 3.05) is 49.6 Å². The van der Waals surface area contributed by atoms with Gasteiger partial charge < -0.3 is 15.0 Å². The summed E-state index contributed by atoms with van der Waals surface area (Å²) >= 11 is 0. The van der Waals surface area contributed by atoms with Gasteiger partial charge in [-0.2, -0.15) is 10.1 Å². The molecule has 0 aromatic carbocycles. The average Bonchev–Trinajstić information content (AvgIpc) is 3.26. The van der Waals surface area contributed by atoms with Crippen LogP contribution in [0.4, 0.5) is 11.8 Å². The fourth-order valence-electron chi connectivity index (χ4n) is 3.33. The van der Waals surface area contributed by atoms with Crippen LogP contribution in [0.15, 0.2) is 18.6 Å². The van der Waals surface area contributed by atoms with Crippen LogP contribution in [-0.4, -0.2) is 75.1 Å². The second-order valence-corrected chi connectivity index (χ2v) is 6.50. The van der Waals surface area contributed by atoms with Crippen LogP contribution in [0.2, 0.25) is 0 Å². The number of nitrogens with one attached hydrogen (secondary N) is 1. The smallest absolute Gasteiger partial charge is 0.224 e. The molecule has 25 heavy (non-hydrogen) atoms. The van der Waals surface area contributed by atoms with Gasteiger partial charge in [-0.25, -0.2) is 9.97 Å². The zero-order valence-corrected chi connectivity index (χ0v) is 14.5. The maximum atomic E-state index is 5.40. The molecule has 134 valence electrons. The fourth-order valence-corrected chi connectivity index (χ4v) is 3.33. The van der Waals surface area contributed by atoms with Crippen LogP contribution in [-0.2, 0) is 18.3 Å². The van der Waals surface area contributed by atoms with E-state index in [4.69, 9.17) is 4.74 Å². The standard InChI is InChI=1S/C16H24N8O/c1-22-15(18-12-19-22)11-23-5-3-13(10-23)20-16-17-4-2-14(21-16)24-6-8-25-9-7-24/h2,4,12-13H,3,5-11H2,1H3,(H,17,20,21). The highest BCUT2D eigenvalue weighted by atomic mass is 16.5. The predicted molar refractivity (Wildman–Crippen MR) is 93.4 cm³/mol. The maximum Gasteiger partial charge on any atom is 0.224 e. The topological polar surface area (TPSA) is 84.2 Å². The lowest BCUT2D eigenvalue weighted by Crippen LogP contribution is -2.37. The van der Waals surface area contributed by atoms with Crippen molar-refractivity contribution in [2.45, 2.75) is 19.0 Å². The first kappa shape index (κ1) is 16.2. The van der Waals surface area contributed by atoms with Crippen molar-refractivity contribution in [3.63, 3.8) is 0 Å². The second-order valence-electron chi connectivity index (χ2n) is 6.50. The van der Waals surface area contributed by atoms with Crippen LogP contribution < -0.4 is 10.2 Å². The van der Waals surface area contributed by atoms with Gasteiger partial charge in [-0.1, -0.05) is 0 Å². The Morgan fingerprint density at radius 1 is 1.24 bits per heavy atom. The summed E-state index contributed by atoms with van der Waals surface area (Å²) < 4.78 is 7.23. The Balaban J connectivity index is 1.34. The van der Waals surface area contributed by atoms with Gasteiger partial charge in [0, 0.05) is 45.5 Å². The SMILES string of the molecule is Cn1ncnc1CN1CCC(Nc2nccc(N3CCOCC3)n2)C1. The van der Waals surface area contributed by atoms with Crippen molar-refractivity contribution in [3.05, 3.63) is 24.4 Å². The van der Waals surface area contributed by atoms with Gasteiger partial charge in [0.05, 0.1) is 19.8 Å². The molecule has 0 amide bonds. The maximum absolute atomic E-state index is 5.40. The number of anilines is 2. The zero-order chi connectivity index (χ0) is 17.1. The first-order chi connectivity index (χ1) is 12.3. The van der Waals surface area contributed by atoms with Gasteiger partial charge in [0.15, 0.2) is 0 Å². The molecule has 2 saturated heterocycles. The highest BCUT2D eigenvalue weighted by Crippen LogP contribution is 2.18. The predicted octanol–water partition coefficient (Wildman–Crippen LogP) is 0.128. The van der Waals surface area contributed by atoms with Gasteiger partial charge in [-0.15, -0.1) is 0 Å². The van der Waals surface area contributed by atoms with E-state index in [9.17, 15) is 0 Å². The summed E-state index contributed by atoms with van der Waals surface area (Å²) in [6, 6.07) is 2.32. The van der Waals surface area contributed by atoms with Crippen molar-refractivity contribution < 1.29 is 4.74 Å². The van der Waals surface area contributed by atoms with Gasteiger partial charge in [-0.05, 0) is 12.5 Å². The van der Waals surface area contributed by atoms with E-state index in [-0.39, 0.29) is 0 Å². The number of aromatic nitrogens is 5. The molecule has 2 aliphatic heterocycles. The molecule has 9 heteroatoms. The summed E-state index contributed by atoms with van der Waals surface area (Å²) in [7, 11) is 1.93. The number of rotatable bonds is 5. The first-order valence-corrected chi connectivity index (χ1v) is 8.75. The molecule has 4 heterocycles. The Labute approximate surface area is 147 Å². The lowest BCUT2D eigenvalue weighted by atomic mass is 10.3.